The third-order valence-corrected chi connectivity index (χ3v) is 4.05. The minimum atomic E-state index is 0.469. The second kappa shape index (κ2) is 6.56. The van der Waals surface area contributed by atoms with Crippen LogP contribution in [0.2, 0.25) is 0 Å². The number of nitrogens with two attached hydrogens (primary N) is 1. The molecule has 2 aromatic rings. The van der Waals surface area contributed by atoms with Crippen LogP contribution in [0.1, 0.15) is 11.3 Å². The second-order valence-electron chi connectivity index (χ2n) is 4.12. The summed E-state index contributed by atoms with van der Waals surface area (Å²) in [7, 11) is 1.61. The van der Waals surface area contributed by atoms with Crippen LogP contribution in [0, 0.1) is 6.92 Å². The first kappa shape index (κ1) is 15.3. The van der Waals surface area contributed by atoms with Crippen LogP contribution in [0.5, 0.6) is 17.4 Å². The summed E-state index contributed by atoms with van der Waals surface area (Å²) < 4.78 is 12.6. The molecule has 0 unspecified atom stereocenters. The second-order valence-corrected chi connectivity index (χ2v) is 5.83. The number of pyridine rings is 1. The lowest BCUT2D eigenvalue weighted by Gasteiger charge is -2.11. The van der Waals surface area contributed by atoms with E-state index in [1.807, 2.05) is 25.1 Å². The predicted octanol–water partition coefficient (Wildman–Crippen LogP) is 4.17. The van der Waals surface area contributed by atoms with E-state index in [1.165, 1.54) is 0 Å². The summed E-state index contributed by atoms with van der Waals surface area (Å²) in [6.45, 7) is 2.38. The Morgan fingerprint density at radius 3 is 2.40 bits per heavy atom. The molecule has 0 aliphatic carbocycles. The standard InChI is InChI=1S/C14H14Br2N2O2/c1-8-9(7-17)3-4-14(18-8)20-13-6-10(15)12(19-2)5-11(13)16/h3-6H,7,17H2,1-2H3. The van der Waals surface area contributed by atoms with Gasteiger partial charge >= 0.3 is 0 Å². The van der Waals surface area contributed by atoms with Crippen molar-refractivity contribution < 1.29 is 9.47 Å². The summed E-state index contributed by atoms with van der Waals surface area (Å²) in [4.78, 5) is 4.38. The summed E-state index contributed by atoms with van der Waals surface area (Å²) >= 11 is 6.88. The van der Waals surface area contributed by atoms with E-state index < -0.39 is 0 Å². The van der Waals surface area contributed by atoms with Crippen LogP contribution in [-0.2, 0) is 6.54 Å². The summed E-state index contributed by atoms with van der Waals surface area (Å²) in [5.41, 5.74) is 7.50. The summed E-state index contributed by atoms with van der Waals surface area (Å²) in [6, 6.07) is 7.39. The fraction of sp³-hybridized carbons (Fsp3) is 0.214. The van der Waals surface area contributed by atoms with Crippen LogP contribution in [0.25, 0.3) is 0 Å². The first-order valence-corrected chi connectivity index (χ1v) is 7.51. The minimum Gasteiger partial charge on any atom is -0.496 e. The van der Waals surface area contributed by atoms with Crippen molar-refractivity contribution in [1.29, 1.82) is 0 Å². The van der Waals surface area contributed by atoms with Gasteiger partial charge in [0, 0.05) is 18.3 Å². The van der Waals surface area contributed by atoms with E-state index in [2.05, 4.69) is 36.8 Å². The van der Waals surface area contributed by atoms with Crippen molar-refractivity contribution in [3.05, 3.63) is 44.5 Å². The molecule has 1 heterocycles. The number of rotatable bonds is 4. The molecule has 4 nitrogen and oxygen atoms in total. The highest BCUT2D eigenvalue weighted by atomic mass is 79.9. The van der Waals surface area contributed by atoms with Gasteiger partial charge in [0.25, 0.3) is 0 Å². The maximum Gasteiger partial charge on any atom is 0.219 e. The molecular formula is C14H14Br2N2O2. The quantitative estimate of drug-likeness (QED) is 0.834. The topological polar surface area (TPSA) is 57.4 Å². The molecule has 0 aliphatic heterocycles. The lowest BCUT2D eigenvalue weighted by molar-refractivity contribution is 0.408. The number of benzene rings is 1. The number of hydrogen-bond donors (Lipinski definition) is 1. The zero-order chi connectivity index (χ0) is 14.7. The normalized spacial score (nSPS) is 10.4. The Labute approximate surface area is 134 Å². The molecule has 1 aromatic heterocycles. The van der Waals surface area contributed by atoms with E-state index in [1.54, 1.807) is 13.2 Å². The first-order valence-electron chi connectivity index (χ1n) is 5.92. The van der Waals surface area contributed by atoms with Crippen LogP contribution in [0.15, 0.2) is 33.2 Å². The van der Waals surface area contributed by atoms with Crippen LogP contribution >= 0.6 is 31.9 Å². The van der Waals surface area contributed by atoms with Crippen molar-refractivity contribution in [2.45, 2.75) is 13.5 Å². The van der Waals surface area contributed by atoms with Crippen LogP contribution < -0.4 is 15.2 Å². The van der Waals surface area contributed by atoms with Gasteiger partial charge in [0.1, 0.15) is 11.5 Å². The van der Waals surface area contributed by atoms with E-state index >= 15 is 0 Å². The monoisotopic (exact) mass is 400 g/mol. The van der Waals surface area contributed by atoms with Gasteiger partial charge in [0.05, 0.1) is 16.1 Å². The molecule has 20 heavy (non-hydrogen) atoms. The molecular weight excluding hydrogens is 388 g/mol. The number of aryl methyl sites for hydroxylation is 1. The highest BCUT2D eigenvalue weighted by Crippen LogP contribution is 2.37. The van der Waals surface area contributed by atoms with Gasteiger partial charge in [-0.2, -0.15) is 0 Å². The van der Waals surface area contributed by atoms with E-state index in [4.69, 9.17) is 15.2 Å². The number of nitrogens with zero attached hydrogens (tertiary/aromatic N) is 1. The SMILES string of the molecule is COc1cc(Br)c(Oc2ccc(CN)c(C)n2)cc1Br. The van der Waals surface area contributed by atoms with Crippen molar-refractivity contribution in [2.24, 2.45) is 5.73 Å². The molecule has 0 aliphatic rings. The number of halogens is 2. The lowest BCUT2D eigenvalue weighted by atomic mass is 10.2. The van der Waals surface area contributed by atoms with E-state index in [9.17, 15) is 0 Å². The molecule has 0 amide bonds. The lowest BCUT2D eigenvalue weighted by Crippen LogP contribution is -2.01. The summed E-state index contributed by atoms with van der Waals surface area (Å²) in [6.07, 6.45) is 0. The predicted molar refractivity (Wildman–Crippen MR) is 85.3 cm³/mol. The average molecular weight is 402 g/mol. The van der Waals surface area contributed by atoms with Gasteiger partial charge in [0.2, 0.25) is 5.88 Å². The molecule has 0 saturated carbocycles. The summed E-state index contributed by atoms with van der Waals surface area (Å²) in [5.74, 6) is 1.91. The third kappa shape index (κ3) is 3.31. The molecule has 106 valence electrons. The Balaban J connectivity index is 2.30. The Kier molecular flexibility index (Phi) is 5.01. The van der Waals surface area contributed by atoms with Crippen molar-refractivity contribution in [1.82, 2.24) is 4.98 Å². The smallest absolute Gasteiger partial charge is 0.219 e. The highest BCUT2D eigenvalue weighted by Gasteiger charge is 2.10. The Morgan fingerprint density at radius 2 is 1.80 bits per heavy atom. The molecule has 1 aromatic carbocycles. The largest absolute Gasteiger partial charge is 0.496 e. The number of methoxy groups -OCH3 is 1. The molecule has 6 heteroatoms. The Hall–Kier alpha value is -1.11. The fourth-order valence-electron chi connectivity index (χ4n) is 1.70. The third-order valence-electron chi connectivity index (χ3n) is 2.81. The van der Waals surface area contributed by atoms with E-state index in [-0.39, 0.29) is 0 Å². The average Bonchev–Trinajstić information content (AvgIpc) is 2.42. The van der Waals surface area contributed by atoms with E-state index in [0.717, 1.165) is 26.0 Å². The minimum absolute atomic E-state index is 0.469. The van der Waals surface area contributed by atoms with Gasteiger partial charge in [-0.25, -0.2) is 4.98 Å². The fourth-order valence-corrected chi connectivity index (χ4v) is 2.58. The van der Waals surface area contributed by atoms with Crippen LogP contribution in [0.3, 0.4) is 0 Å². The van der Waals surface area contributed by atoms with Gasteiger partial charge in [-0.15, -0.1) is 0 Å². The van der Waals surface area contributed by atoms with Gasteiger partial charge in [0.15, 0.2) is 0 Å². The molecule has 0 bridgehead atoms. The van der Waals surface area contributed by atoms with Gasteiger partial charge in [-0.1, -0.05) is 6.07 Å². The van der Waals surface area contributed by atoms with Crippen molar-refractivity contribution >= 4 is 31.9 Å². The molecule has 0 spiro atoms. The Morgan fingerprint density at radius 1 is 1.15 bits per heavy atom. The molecule has 2 N–H and O–H groups in total. The number of hydrogen-bond acceptors (Lipinski definition) is 4. The number of ether oxygens (including phenoxy) is 2. The van der Waals surface area contributed by atoms with Crippen molar-refractivity contribution in [3.63, 3.8) is 0 Å². The Bertz CT molecular complexity index is 633. The van der Waals surface area contributed by atoms with Crippen molar-refractivity contribution in [3.8, 4) is 17.4 Å². The highest BCUT2D eigenvalue weighted by molar-refractivity contribution is 9.11. The maximum absolute atomic E-state index is 5.79. The maximum atomic E-state index is 5.79. The molecule has 0 atom stereocenters. The zero-order valence-electron chi connectivity index (χ0n) is 11.1. The molecule has 0 saturated heterocycles. The van der Waals surface area contributed by atoms with Crippen LogP contribution in [-0.4, -0.2) is 12.1 Å². The van der Waals surface area contributed by atoms with Crippen LogP contribution in [0.4, 0.5) is 0 Å². The molecule has 0 radical (unpaired) electrons. The molecule has 0 fully saturated rings. The first-order chi connectivity index (χ1) is 9.55. The zero-order valence-corrected chi connectivity index (χ0v) is 14.3. The van der Waals surface area contributed by atoms with Crippen molar-refractivity contribution in [2.75, 3.05) is 7.11 Å². The van der Waals surface area contributed by atoms with Gasteiger partial charge in [-0.3, -0.25) is 0 Å². The van der Waals surface area contributed by atoms with Gasteiger partial charge < -0.3 is 15.2 Å². The molecule has 2 rings (SSSR count). The number of aromatic nitrogens is 1. The van der Waals surface area contributed by atoms with E-state index in [0.29, 0.717) is 18.2 Å². The van der Waals surface area contributed by atoms with Gasteiger partial charge in [-0.05, 0) is 56.5 Å². The summed E-state index contributed by atoms with van der Waals surface area (Å²) in [5, 5.41) is 0.